The highest BCUT2D eigenvalue weighted by Gasteiger charge is 2.20. The normalized spacial score (nSPS) is 12.3. The molecule has 1 aromatic heterocycles. The summed E-state index contributed by atoms with van der Waals surface area (Å²) < 4.78 is 12.7. The van der Waals surface area contributed by atoms with E-state index in [0.717, 1.165) is 12.0 Å². The summed E-state index contributed by atoms with van der Waals surface area (Å²) in [5.74, 6) is 1.25. The number of methoxy groups -OCH3 is 1. The number of anilines is 1. The van der Waals surface area contributed by atoms with Gasteiger partial charge in [-0.05, 0) is 35.9 Å². The molecule has 0 aliphatic rings. The van der Waals surface area contributed by atoms with Gasteiger partial charge in [0.25, 0.3) is 0 Å². The zero-order valence-corrected chi connectivity index (χ0v) is 12.6. The molecule has 0 bridgehead atoms. The summed E-state index contributed by atoms with van der Waals surface area (Å²) in [5, 5.41) is 12.0. The second-order valence-corrected chi connectivity index (χ2v) is 4.62. The summed E-state index contributed by atoms with van der Waals surface area (Å²) in [5.41, 5.74) is 7.36. The highest BCUT2D eigenvalue weighted by atomic mass is 16.5. The molecule has 0 saturated heterocycles. The van der Waals surface area contributed by atoms with E-state index < -0.39 is 0 Å². The lowest BCUT2D eigenvalue weighted by atomic mass is 10.1. The summed E-state index contributed by atoms with van der Waals surface area (Å²) in [7, 11) is 1.67. The minimum Gasteiger partial charge on any atom is -0.491 e. The first kappa shape index (κ1) is 15.2. The summed E-state index contributed by atoms with van der Waals surface area (Å²) in [6.07, 6.45) is 0.859. The molecule has 0 amide bonds. The Kier molecular flexibility index (Phi) is 5.10. The van der Waals surface area contributed by atoms with Gasteiger partial charge >= 0.3 is 0 Å². The number of nitrogens with two attached hydrogens (primary N) is 1. The zero-order valence-electron chi connectivity index (χ0n) is 12.6. The van der Waals surface area contributed by atoms with Gasteiger partial charge in [-0.1, -0.05) is 13.0 Å². The third kappa shape index (κ3) is 3.13. The van der Waals surface area contributed by atoms with Crippen LogP contribution in [0.4, 0.5) is 5.69 Å². The predicted octanol–water partition coefficient (Wildman–Crippen LogP) is 1.92. The van der Waals surface area contributed by atoms with Crippen LogP contribution in [-0.2, 0) is 4.74 Å². The van der Waals surface area contributed by atoms with E-state index in [2.05, 4.69) is 22.4 Å². The van der Waals surface area contributed by atoms with Crippen molar-refractivity contribution < 1.29 is 9.47 Å². The number of tetrazole rings is 1. The number of nitrogen functional groups attached to an aromatic ring is 1. The topological polar surface area (TPSA) is 88.1 Å². The Labute approximate surface area is 124 Å². The number of aromatic nitrogens is 4. The van der Waals surface area contributed by atoms with Crippen LogP contribution in [0.3, 0.4) is 0 Å². The van der Waals surface area contributed by atoms with Gasteiger partial charge in [0, 0.05) is 7.11 Å². The fraction of sp³-hybridized carbons (Fsp3) is 0.500. The van der Waals surface area contributed by atoms with Crippen molar-refractivity contribution >= 4 is 5.69 Å². The number of hydrogen-bond donors (Lipinski definition) is 1. The molecule has 0 spiro atoms. The van der Waals surface area contributed by atoms with Crippen molar-refractivity contribution in [1.29, 1.82) is 0 Å². The predicted molar refractivity (Wildman–Crippen MR) is 80.0 cm³/mol. The van der Waals surface area contributed by atoms with Gasteiger partial charge in [-0.15, -0.1) is 5.10 Å². The molecular formula is C14H21N5O2. The Bertz CT molecular complexity index is 584. The lowest BCUT2D eigenvalue weighted by molar-refractivity contribution is 0.147. The van der Waals surface area contributed by atoms with Gasteiger partial charge in [0.1, 0.15) is 0 Å². The van der Waals surface area contributed by atoms with Gasteiger partial charge in [0.15, 0.2) is 11.6 Å². The van der Waals surface area contributed by atoms with Crippen molar-refractivity contribution in [1.82, 2.24) is 20.2 Å². The van der Waals surface area contributed by atoms with Gasteiger partial charge in [0.2, 0.25) is 0 Å². The molecule has 21 heavy (non-hydrogen) atoms. The summed E-state index contributed by atoms with van der Waals surface area (Å²) in [6.45, 7) is 5.05. The minimum atomic E-state index is 0.0657. The number of para-hydroxylation sites is 1. The van der Waals surface area contributed by atoms with Crippen LogP contribution in [0, 0.1) is 0 Å². The van der Waals surface area contributed by atoms with Crippen LogP contribution in [0.5, 0.6) is 5.75 Å². The molecule has 7 heteroatoms. The quantitative estimate of drug-likeness (QED) is 0.784. The van der Waals surface area contributed by atoms with Crippen molar-refractivity contribution in [2.75, 3.05) is 26.1 Å². The van der Waals surface area contributed by atoms with Gasteiger partial charge in [-0.3, -0.25) is 0 Å². The van der Waals surface area contributed by atoms with Crippen LogP contribution < -0.4 is 10.5 Å². The van der Waals surface area contributed by atoms with Gasteiger partial charge in [-0.25, -0.2) is 4.68 Å². The Morgan fingerprint density at radius 1 is 1.33 bits per heavy atom. The van der Waals surface area contributed by atoms with Crippen LogP contribution in [0.15, 0.2) is 18.2 Å². The first-order valence-electron chi connectivity index (χ1n) is 7.01. The molecule has 1 unspecified atom stereocenters. The number of rotatable bonds is 7. The standard InChI is InChI=1S/C14H21N5O2/c1-4-10(9-20-3)19-14(16-17-18-19)11-7-6-8-12(15)13(11)21-5-2/h6-8,10H,4-5,9,15H2,1-3H3. The maximum atomic E-state index is 6.00. The molecule has 0 aliphatic heterocycles. The molecule has 1 heterocycles. The summed E-state index contributed by atoms with van der Waals surface area (Å²) in [4.78, 5) is 0. The Morgan fingerprint density at radius 2 is 2.14 bits per heavy atom. The van der Waals surface area contributed by atoms with Crippen molar-refractivity contribution in [2.45, 2.75) is 26.3 Å². The molecule has 1 atom stereocenters. The monoisotopic (exact) mass is 291 g/mol. The van der Waals surface area contributed by atoms with E-state index in [1.54, 1.807) is 17.9 Å². The number of nitrogens with zero attached hydrogens (tertiary/aromatic N) is 4. The van der Waals surface area contributed by atoms with E-state index >= 15 is 0 Å². The maximum Gasteiger partial charge on any atom is 0.186 e. The van der Waals surface area contributed by atoms with Crippen molar-refractivity contribution in [2.24, 2.45) is 0 Å². The second-order valence-electron chi connectivity index (χ2n) is 4.62. The van der Waals surface area contributed by atoms with Crippen molar-refractivity contribution in [3.05, 3.63) is 18.2 Å². The fourth-order valence-electron chi connectivity index (χ4n) is 2.21. The van der Waals surface area contributed by atoms with E-state index in [1.807, 2.05) is 19.1 Å². The first-order valence-corrected chi connectivity index (χ1v) is 7.01. The van der Waals surface area contributed by atoms with Crippen molar-refractivity contribution in [3.8, 4) is 17.1 Å². The minimum absolute atomic E-state index is 0.0657. The van der Waals surface area contributed by atoms with Gasteiger partial charge < -0.3 is 15.2 Å². The molecule has 7 nitrogen and oxygen atoms in total. The summed E-state index contributed by atoms with van der Waals surface area (Å²) >= 11 is 0. The maximum absolute atomic E-state index is 6.00. The zero-order chi connectivity index (χ0) is 15.2. The lowest BCUT2D eigenvalue weighted by Crippen LogP contribution is -2.17. The molecule has 0 aliphatic carbocycles. The van der Waals surface area contributed by atoms with Crippen LogP contribution in [0.2, 0.25) is 0 Å². The lowest BCUT2D eigenvalue weighted by Gasteiger charge is -2.17. The van der Waals surface area contributed by atoms with E-state index in [4.69, 9.17) is 15.2 Å². The molecule has 0 radical (unpaired) electrons. The highest BCUT2D eigenvalue weighted by molar-refractivity contribution is 5.73. The van der Waals surface area contributed by atoms with Crippen LogP contribution >= 0.6 is 0 Å². The van der Waals surface area contributed by atoms with Crippen LogP contribution in [0.1, 0.15) is 26.3 Å². The van der Waals surface area contributed by atoms with Crippen LogP contribution in [-0.4, -0.2) is 40.5 Å². The SMILES string of the molecule is CCOc1c(N)cccc1-c1nnnn1C(CC)COC. The average molecular weight is 291 g/mol. The van der Waals surface area contributed by atoms with E-state index in [-0.39, 0.29) is 6.04 Å². The van der Waals surface area contributed by atoms with E-state index in [0.29, 0.717) is 30.5 Å². The molecular weight excluding hydrogens is 270 g/mol. The summed E-state index contributed by atoms with van der Waals surface area (Å²) in [6, 6.07) is 5.64. The first-order chi connectivity index (χ1) is 10.2. The average Bonchev–Trinajstić information content (AvgIpc) is 2.96. The third-order valence-corrected chi connectivity index (χ3v) is 3.24. The highest BCUT2D eigenvalue weighted by Crippen LogP contribution is 2.34. The van der Waals surface area contributed by atoms with Crippen molar-refractivity contribution in [3.63, 3.8) is 0 Å². The Morgan fingerprint density at radius 3 is 2.81 bits per heavy atom. The number of benzene rings is 1. The third-order valence-electron chi connectivity index (χ3n) is 3.24. The number of hydrogen-bond acceptors (Lipinski definition) is 6. The fourth-order valence-corrected chi connectivity index (χ4v) is 2.21. The molecule has 2 aromatic rings. The Hall–Kier alpha value is -2.15. The smallest absolute Gasteiger partial charge is 0.186 e. The second kappa shape index (κ2) is 7.03. The largest absolute Gasteiger partial charge is 0.491 e. The molecule has 1 aromatic carbocycles. The molecule has 114 valence electrons. The molecule has 2 rings (SSSR count). The number of ether oxygens (including phenoxy) is 2. The molecule has 0 saturated carbocycles. The van der Waals surface area contributed by atoms with E-state index in [1.165, 1.54) is 0 Å². The van der Waals surface area contributed by atoms with E-state index in [9.17, 15) is 0 Å². The molecule has 2 N–H and O–H groups in total. The molecule has 0 fully saturated rings. The van der Waals surface area contributed by atoms with Gasteiger partial charge in [0.05, 0.1) is 30.5 Å². The van der Waals surface area contributed by atoms with Crippen LogP contribution in [0.25, 0.3) is 11.4 Å². The van der Waals surface area contributed by atoms with Gasteiger partial charge in [-0.2, -0.15) is 0 Å². The Balaban J connectivity index is 2.48.